The molecule has 0 radical (unpaired) electrons. The second-order valence-electron chi connectivity index (χ2n) is 3.68. The molecule has 0 amide bonds. The van der Waals surface area contributed by atoms with E-state index < -0.39 is 6.61 Å². The van der Waals surface area contributed by atoms with Gasteiger partial charge in [-0.05, 0) is 19.2 Å². The Kier molecular flexibility index (Phi) is 3.88. The van der Waals surface area contributed by atoms with E-state index in [1.807, 2.05) is 7.05 Å². The third-order valence-electron chi connectivity index (χ3n) is 2.34. The highest BCUT2D eigenvalue weighted by Gasteiger charge is 2.07. The number of hydrogen-bond donors (Lipinski definition) is 2. The second-order valence-corrected chi connectivity index (χ2v) is 3.68. The fourth-order valence-corrected chi connectivity index (χ4v) is 1.61. The van der Waals surface area contributed by atoms with E-state index in [2.05, 4.69) is 20.0 Å². The van der Waals surface area contributed by atoms with E-state index in [1.54, 1.807) is 24.4 Å². The SMILES string of the molecule is CNCc1ncc(-c2cccc(OC(F)F)c2)[nH]1. The molecule has 0 saturated heterocycles. The Morgan fingerprint density at radius 3 is 3.00 bits per heavy atom. The average molecular weight is 253 g/mol. The van der Waals surface area contributed by atoms with Crippen molar-refractivity contribution in [2.24, 2.45) is 0 Å². The molecule has 4 nitrogen and oxygen atoms in total. The molecule has 0 atom stereocenters. The minimum absolute atomic E-state index is 0.132. The molecule has 1 aromatic heterocycles. The summed E-state index contributed by atoms with van der Waals surface area (Å²) in [6.45, 7) is -2.20. The maximum atomic E-state index is 12.1. The zero-order valence-electron chi connectivity index (χ0n) is 9.78. The molecule has 96 valence electrons. The number of alkyl halides is 2. The summed E-state index contributed by atoms with van der Waals surface area (Å²) >= 11 is 0. The summed E-state index contributed by atoms with van der Waals surface area (Å²) < 4.78 is 28.6. The molecule has 0 aliphatic rings. The predicted molar refractivity (Wildman–Crippen MR) is 63.4 cm³/mol. The van der Waals surface area contributed by atoms with Crippen LogP contribution in [0, 0.1) is 0 Å². The first-order valence-electron chi connectivity index (χ1n) is 5.43. The highest BCUT2D eigenvalue weighted by molar-refractivity contribution is 5.60. The number of H-pyrrole nitrogens is 1. The van der Waals surface area contributed by atoms with E-state index in [0.29, 0.717) is 6.54 Å². The van der Waals surface area contributed by atoms with Crippen LogP contribution in [-0.2, 0) is 6.54 Å². The van der Waals surface area contributed by atoms with E-state index in [9.17, 15) is 8.78 Å². The summed E-state index contributed by atoms with van der Waals surface area (Å²) in [5.74, 6) is 0.917. The summed E-state index contributed by atoms with van der Waals surface area (Å²) in [5.41, 5.74) is 1.52. The quantitative estimate of drug-likeness (QED) is 0.860. The van der Waals surface area contributed by atoms with Crippen molar-refractivity contribution in [3.63, 3.8) is 0 Å². The number of aromatic nitrogens is 2. The van der Waals surface area contributed by atoms with Crippen LogP contribution in [0.1, 0.15) is 5.82 Å². The van der Waals surface area contributed by atoms with Crippen LogP contribution >= 0.6 is 0 Å². The lowest BCUT2D eigenvalue weighted by molar-refractivity contribution is -0.0498. The molecule has 0 spiro atoms. The van der Waals surface area contributed by atoms with Crippen molar-refractivity contribution in [1.29, 1.82) is 0 Å². The van der Waals surface area contributed by atoms with Crippen molar-refractivity contribution in [2.75, 3.05) is 7.05 Å². The van der Waals surface area contributed by atoms with Crippen LogP contribution in [0.3, 0.4) is 0 Å². The Labute approximate surface area is 103 Å². The average Bonchev–Trinajstić information content (AvgIpc) is 2.78. The van der Waals surface area contributed by atoms with Gasteiger partial charge in [0.1, 0.15) is 11.6 Å². The number of rotatable bonds is 5. The Hall–Kier alpha value is -1.95. The first-order chi connectivity index (χ1) is 8.69. The number of hydrogen-bond acceptors (Lipinski definition) is 3. The van der Waals surface area contributed by atoms with E-state index in [-0.39, 0.29) is 5.75 Å². The lowest BCUT2D eigenvalue weighted by Crippen LogP contribution is -2.06. The molecule has 0 aliphatic carbocycles. The molecule has 2 aromatic rings. The highest BCUT2D eigenvalue weighted by Crippen LogP contribution is 2.23. The van der Waals surface area contributed by atoms with Gasteiger partial charge in [-0.25, -0.2) is 4.98 Å². The molecule has 6 heteroatoms. The molecule has 0 fully saturated rings. The van der Waals surface area contributed by atoms with Crippen molar-refractivity contribution < 1.29 is 13.5 Å². The molecule has 0 bridgehead atoms. The Bertz CT molecular complexity index is 514. The van der Waals surface area contributed by atoms with E-state index in [0.717, 1.165) is 17.1 Å². The van der Waals surface area contributed by atoms with Crippen molar-refractivity contribution >= 4 is 0 Å². The van der Waals surface area contributed by atoms with Gasteiger partial charge >= 0.3 is 6.61 Å². The zero-order chi connectivity index (χ0) is 13.0. The molecule has 2 rings (SSSR count). The number of imidazole rings is 1. The monoisotopic (exact) mass is 253 g/mol. The summed E-state index contributed by atoms with van der Waals surface area (Å²) in [4.78, 5) is 7.26. The van der Waals surface area contributed by atoms with Crippen LogP contribution in [0.15, 0.2) is 30.5 Å². The molecule has 0 saturated carbocycles. The Morgan fingerprint density at radius 2 is 2.28 bits per heavy atom. The van der Waals surface area contributed by atoms with Gasteiger partial charge in [0.15, 0.2) is 0 Å². The molecule has 18 heavy (non-hydrogen) atoms. The second kappa shape index (κ2) is 5.59. The van der Waals surface area contributed by atoms with Gasteiger partial charge in [-0.15, -0.1) is 0 Å². The highest BCUT2D eigenvalue weighted by atomic mass is 19.3. The molecule has 0 unspecified atom stereocenters. The number of benzene rings is 1. The third kappa shape index (κ3) is 3.04. The predicted octanol–water partition coefficient (Wildman–Crippen LogP) is 2.40. The van der Waals surface area contributed by atoms with Gasteiger partial charge in [-0.1, -0.05) is 12.1 Å². The molecular weight excluding hydrogens is 240 g/mol. The first kappa shape index (κ1) is 12.5. The van der Waals surface area contributed by atoms with E-state index in [1.165, 1.54) is 6.07 Å². The number of ether oxygens (including phenoxy) is 1. The Balaban J connectivity index is 2.21. The molecule has 2 N–H and O–H groups in total. The van der Waals surface area contributed by atoms with Gasteiger partial charge in [0.2, 0.25) is 0 Å². The van der Waals surface area contributed by atoms with Gasteiger partial charge in [0.25, 0.3) is 0 Å². The van der Waals surface area contributed by atoms with Gasteiger partial charge < -0.3 is 15.0 Å². The van der Waals surface area contributed by atoms with Crippen LogP contribution in [0.5, 0.6) is 5.75 Å². The fourth-order valence-electron chi connectivity index (χ4n) is 1.61. The van der Waals surface area contributed by atoms with Gasteiger partial charge in [-0.3, -0.25) is 0 Å². The smallest absolute Gasteiger partial charge is 0.387 e. The molecular formula is C12H13F2N3O. The number of halogens is 2. The summed E-state index contributed by atoms with van der Waals surface area (Å²) in [5, 5.41) is 2.97. The van der Waals surface area contributed by atoms with E-state index >= 15 is 0 Å². The van der Waals surface area contributed by atoms with Crippen LogP contribution in [0.25, 0.3) is 11.3 Å². The van der Waals surface area contributed by atoms with Crippen molar-refractivity contribution in [3.05, 3.63) is 36.3 Å². The van der Waals surface area contributed by atoms with Crippen molar-refractivity contribution in [1.82, 2.24) is 15.3 Å². The third-order valence-corrected chi connectivity index (χ3v) is 2.34. The molecule has 0 aliphatic heterocycles. The van der Waals surface area contributed by atoms with Crippen molar-refractivity contribution in [2.45, 2.75) is 13.2 Å². The van der Waals surface area contributed by atoms with E-state index in [4.69, 9.17) is 0 Å². The van der Waals surface area contributed by atoms with Gasteiger partial charge in [0.05, 0.1) is 18.4 Å². The minimum atomic E-state index is -2.82. The summed E-state index contributed by atoms with van der Waals surface area (Å²) in [6.07, 6.45) is 1.66. The van der Waals surface area contributed by atoms with Gasteiger partial charge in [0, 0.05) is 5.56 Å². The maximum Gasteiger partial charge on any atom is 0.387 e. The molecule has 1 aromatic carbocycles. The number of aromatic amines is 1. The fraction of sp³-hybridized carbons (Fsp3) is 0.250. The van der Waals surface area contributed by atoms with Crippen LogP contribution in [0.2, 0.25) is 0 Å². The van der Waals surface area contributed by atoms with Crippen molar-refractivity contribution in [3.8, 4) is 17.0 Å². The molecule has 1 heterocycles. The van der Waals surface area contributed by atoms with Crippen LogP contribution in [-0.4, -0.2) is 23.6 Å². The lowest BCUT2D eigenvalue weighted by atomic mass is 10.1. The van der Waals surface area contributed by atoms with Crippen LogP contribution in [0.4, 0.5) is 8.78 Å². The number of nitrogens with one attached hydrogen (secondary N) is 2. The number of nitrogens with zero attached hydrogens (tertiary/aromatic N) is 1. The Morgan fingerprint density at radius 1 is 1.44 bits per heavy atom. The van der Waals surface area contributed by atoms with Gasteiger partial charge in [-0.2, -0.15) is 8.78 Å². The lowest BCUT2D eigenvalue weighted by Gasteiger charge is -2.05. The largest absolute Gasteiger partial charge is 0.435 e. The standard InChI is InChI=1S/C12H13F2N3O/c1-15-7-11-16-6-10(17-11)8-3-2-4-9(5-8)18-12(13)14/h2-6,12,15H,7H2,1H3,(H,16,17). The normalized spacial score (nSPS) is 10.9. The topological polar surface area (TPSA) is 49.9 Å². The zero-order valence-corrected chi connectivity index (χ0v) is 9.78. The summed E-state index contributed by atoms with van der Waals surface area (Å²) in [6, 6.07) is 6.49. The first-order valence-corrected chi connectivity index (χ1v) is 5.43. The summed E-state index contributed by atoms with van der Waals surface area (Å²) in [7, 11) is 1.82. The minimum Gasteiger partial charge on any atom is -0.435 e. The maximum absolute atomic E-state index is 12.1. The van der Waals surface area contributed by atoms with Crippen LogP contribution < -0.4 is 10.1 Å².